The van der Waals surface area contributed by atoms with Crippen LogP contribution in [0.3, 0.4) is 0 Å². The number of benzene rings is 1. The summed E-state index contributed by atoms with van der Waals surface area (Å²) in [7, 11) is 3.83. The fraction of sp³-hybridized carbons (Fsp3) is 0.625. The van der Waals surface area contributed by atoms with Gasteiger partial charge in [0.05, 0.1) is 7.11 Å². The van der Waals surface area contributed by atoms with Gasteiger partial charge in [0.2, 0.25) is 0 Å². The summed E-state index contributed by atoms with van der Waals surface area (Å²) < 4.78 is 5.40. The highest BCUT2D eigenvalue weighted by Gasteiger charge is 2.31. The van der Waals surface area contributed by atoms with Gasteiger partial charge >= 0.3 is 0 Å². The molecule has 1 fully saturated rings. The molecule has 0 bridgehead atoms. The third-order valence-corrected chi connectivity index (χ3v) is 4.70. The lowest BCUT2D eigenvalue weighted by atomic mass is 9.86. The van der Waals surface area contributed by atoms with Crippen LogP contribution in [0.4, 0.5) is 0 Å². The maximum absolute atomic E-state index is 5.40. The van der Waals surface area contributed by atoms with Crippen LogP contribution in [0.25, 0.3) is 0 Å². The minimum absolute atomic E-state index is 0.595. The van der Waals surface area contributed by atoms with E-state index in [1.807, 2.05) is 0 Å². The number of hydrogen-bond donors (Lipinski definition) is 1. The number of nitrogens with zero attached hydrogens (tertiary/aromatic N) is 1. The first-order valence-corrected chi connectivity index (χ1v) is 7.40. The molecule has 0 radical (unpaired) electrons. The van der Waals surface area contributed by atoms with Crippen molar-refractivity contribution < 1.29 is 4.74 Å². The van der Waals surface area contributed by atoms with Crippen LogP contribution in [0, 0.1) is 0 Å². The van der Waals surface area contributed by atoms with Gasteiger partial charge in [-0.15, -0.1) is 0 Å². The summed E-state index contributed by atoms with van der Waals surface area (Å²) >= 11 is 0. The molecule has 3 heteroatoms. The Kier molecular flexibility index (Phi) is 3.76. The quantitative estimate of drug-likeness (QED) is 0.903. The van der Waals surface area contributed by atoms with E-state index in [-0.39, 0.29) is 0 Å². The third kappa shape index (κ3) is 2.49. The molecule has 0 amide bonds. The van der Waals surface area contributed by atoms with Crippen LogP contribution in [0.2, 0.25) is 0 Å². The van der Waals surface area contributed by atoms with Crippen molar-refractivity contribution in [2.75, 3.05) is 27.2 Å². The van der Waals surface area contributed by atoms with Crippen molar-refractivity contribution in [3.8, 4) is 5.75 Å². The molecule has 0 aromatic heterocycles. The standard InChI is InChI=1S/C16H24N2O/c1-17-13-8-9-18(11-13)16-5-3-4-12-6-7-14(19-2)10-15(12)16/h6-7,10,13,16-17H,3-5,8-9,11H2,1-2H3. The molecule has 0 spiro atoms. The van der Waals surface area contributed by atoms with E-state index in [1.165, 1.54) is 49.9 Å². The molecule has 3 nitrogen and oxygen atoms in total. The molecule has 0 saturated carbocycles. The normalized spacial score (nSPS) is 27.3. The number of nitrogens with one attached hydrogen (secondary N) is 1. The van der Waals surface area contributed by atoms with Crippen molar-refractivity contribution in [2.24, 2.45) is 0 Å². The lowest BCUT2D eigenvalue weighted by molar-refractivity contribution is 0.216. The van der Waals surface area contributed by atoms with Gasteiger partial charge in [0.15, 0.2) is 0 Å². The van der Waals surface area contributed by atoms with Crippen molar-refractivity contribution in [2.45, 2.75) is 37.8 Å². The van der Waals surface area contributed by atoms with E-state index in [4.69, 9.17) is 4.74 Å². The molecule has 1 N–H and O–H groups in total. The van der Waals surface area contributed by atoms with Gasteiger partial charge in [-0.25, -0.2) is 0 Å². The first-order chi connectivity index (χ1) is 9.31. The number of fused-ring (bicyclic) bond motifs is 1. The number of methoxy groups -OCH3 is 1. The molecule has 1 aromatic rings. The Morgan fingerprint density at radius 3 is 2.95 bits per heavy atom. The monoisotopic (exact) mass is 260 g/mol. The van der Waals surface area contributed by atoms with E-state index >= 15 is 0 Å². The number of likely N-dealkylation sites (tertiary alicyclic amines) is 1. The van der Waals surface area contributed by atoms with Gasteiger partial charge in [0, 0.05) is 25.2 Å². The lowest BCUT2D eigenvalue weighted by Crippen LogP contribution is -2.33. The molecule has 1 saturated heterocycles. The second-order valence-electron chi connectivity index (χ2n) is 5.74. The summed E-state index contributed by atoms with van der Waals surface area (Å²) in [5.74, 6) is 0.995. The first kappa shape index (κ1) is 12.9. The van der Waals surface area contributed by atoms with Gasteiger partial charge < -0.3 is 10.1 Å². The maximum Gasteiger partial charge on any atom is 0.119 e. The average Bonchev–Trinajstić information content (AvgIpc) is 2.94. The molecule has 1 aliphatic carbocycles. The predicted octanol–water partition coefficient (Wildman–Crippen LogP) is 2.37. The summed E-state index contributed by atoms with van der Waals surface area (Å²) in [6.07, 6.45) is 5.09. The van der Waals surface area contributed by atoms with E-state index in [2.05, 4.69) is 35.5 Å². The van der Waals surface area contributed by atoms with Crippen LogP contribution in [0.5, 0.6) is 5.75 Å². The molecule has 2 unspecified atom stereocenters. The summed E-state index contributed by atoms with van der Waals surface area (Å²) in [5, 5.41) is 3.41. The number of rotatable bonds is 3. The number of ether oxygens (including phenoxy) is 1. The van der Waals surface area contributed by atoms with Crippen LogP contribution in [-0.4, -0.2) is 38.2 Å². The highest BCUT2D eigenvalue weighted by molar-refractivity contribution is 5.39. The average molecular weight is 260 g/mol. The maximum atomic E-state index is 5.40. The molecule has 2 atom stereocenters. The van der Waals surface area contributed by atoms with Gasteiger partial charge in [-0.1, -0.05) is 6.07 Å². The molecular formula is C16H24N2O. The highest BCUT2D eigenvalue weighted by atomic mass is 16.5. The smallest absolute Gasteiger partial charge is 0.119 e. The van der Waals surface area contributed by atoms with Crippen LogP contribution >= 0.6 is 0 Å². The van der Waals surface area contributed by atoms with E-state index in [0.717, 1.165) is 5.75 Å². The fourth-order valence-electron chi connectivity index (χ4n) is 3.56. The minimum Gasteiger partial charge on any atom is -0.497 e. The molecule has 1 aliphatic heterocycles. The van der Waals surface area contributed by atoms with Crippen molar-refractivity contribution in [3.63, 3.8) is 0 Å². The van der Waals surface area contributed by atoms with Gasteiger partial charge in [-0.3, -0.25) is 4.90 Å². The minimum atomic E-state index is 0.595. The van der Waals surface area contributed by atoms with Crippen molar-refractivity contribution in [1.82, 2.24) is 10.2 Å². The van der Waals surface area contributed by atoms with Crippen LogP contribution in [-0.2, 0) is 6.42 Å². The van der Waals surface area contributed by atoms with Crippen molar-refractivity contribution in [1.29, 1.82) is 0 Å². The van der Waals surface area contributed by atoms with E-state index < -0.39 is 0 Å². The summed E-state index contributed by atoms with van der Waals surface area (Å²) in [6, 6.07) is 7.87. The van der Waals surface area contributed by atoms with Gasteiger partial charge in [-0.2, -0.15) is 0 Å². The van der Waals surface area contributed by atoms with Crippen LogP contribution < -0.4 is 10.1 Å². The predicted molar refractivity (Wildman–Crippen MR) is 77.7 cm³/mol. The zero-order chi connectivity index (χ0) is 13.2. The van der Waals surface area contributed by atoms with Crippen molar-refractivity contribution >= 4 is 0 Å². The summed E-state index contributed by atoms with van der Waals surface area (Å²) in [5.41, 5.74) is 3.02. The second-order valence-corrected chi connectivity index (χ2v) is 5.74. The van der Waals surface area contributed by atoms with Gasteiger partial charge in [0.25, 0.3) is 0 Å². The van der Waals surface area contributed by atoms with Gasteiger partial charge in [0.1, 0.15) is 5.75 Å². The largest absolute Gasteiger partial charge is 0.497 e. The van der Waals surface area contributed by atoms with Crippen LogP contribution in [0.1, 0.15) is 36.4 Å². The zero-order valence-corrected chi connectivity index (χ0v) is 12.0. The number of aryl methyl sites for hydroxylation is 1. The van der Waals surface area contributed by atoms with E-state index in [0.29, 0.717) is 12.1 Å². The van der Waals surface area contributed by atoms with Crippen molar-refractivity contribution in [3.05, 3.63) is 29.3 Å². The molecule has 1 heterocycles. The zero-order valence-electron chi connectivity index (χ0n) is 12.0. The lowest BCUT2D eigenvalue weighted by Gasteiger charge is -2.33. The first-order valence-electron chi connectivity index (χ1n) is 7.40. The molecule has 104 valence electrons. The Bertz CT molecular complexity index is 446. The van der Waals surface area contributed by atoms with Gasteiger partial charge in [-0.05, 0) is 56.0 Å². The Balaban J connectivity index is 1.85. The Hall–Kier alpha value is -1.06. The molecule has 19 heavy (non-hydrogen) atoms. The number of likely N-dealkylation sites (N-methyl/N-ethyl adjacent to an activating group) is 1. The summed E-state index contributed by atoms with van der Waals surface area (Å²) in [6.45, 7) is 2.39. The highest BCUT2D eigenvalue weighted by Crippen LogP contribution is 2.37. The molecule has 3 rings (SSSR count). The third-order valence-electron chi connectivity index (χ3n) is 4.70. The second kappa shape index (κ2) is 5.51. The Morgan fingerprint density at radius 2 is 2.21 bits per heavy atom. The van der Waals surface area contributed by atoms with E-state index in [1.54, 1.807) is 7.11 Å². The molecule has 2 aliphatic rings. The SMILES string of the molecule is CNC1CCN(C2CCCc3ccc(OC)cc32)C1. The Morgan fingerprint density at radius 1 is 1.32 bits per heavy atom. The molecular weight excluding hydrogens is 236 g/mol. The fourth-order valence-corrected chi connectivity index (χ4v) is 3.56. The summed E-state index contributed by atoms with van der Waals surface area (Å²) in [4.78, 5) is 2.65. The molecule has 1 aromatic carbocycles. The topological polar surface area (TPSA) is 24.5 Å². The van der Waals surface area contributed by atoms with Crippen LogP contribution in [0.15, 0.2) is 18.2 Å². The Labute approximate surface area is 115 Å². The number of hydrogen-bond acceptors (Lipinski definition) is 3. The van der Waals surface area contributed by atoms with E-state index in [9.17, 15) is 0 Å².